The highest BCUT2D eigenvalue weighted by Crippen LogP contribution is 2.22. The van der Waals surface area contributed by atoms with Crippen molar-refractivity contribution in [1.82, 2.24) is 5.32 Å². The number of anilines is 1. The van der Waals surface area contributed by atoms with Gasteiger partial charge in [-0.1, -0.05) is 43.7 Å². The number of benzene rings is 2. The maximum absolute atomic E-state index is 12.7. The molecule has 6 heteroatoms. The molecule has 27 heavy (non-hydrogen) atoms. The molecule has 4 amide bonds. The fraction of sp³-hybridized carbons (Fsp3) is 0.190. The van der Waals surface area contributed by atoms with E-state index in [2.05, 4.69) is 12.2 Å². The SMILES string of the molecule is CCCCOc1ccc(/C=C2/C(=O)NC(=O)N(c3ccccc3)C2=O)cc1. The second-order valence-corrected chi connectivity index (χ2v) is 6.06. The summed E-state index contributed by atoms with van der Waals surface area (Å²) in [5.74, 6) is -0.634. The number of nitrogens with one attached hydrogen (secondary N) is 1. The zero-order valence-electron chi connectivity index (χ0n) is 15.0. The number of barbiturate groups is 1. The van der Waals surface area contributed by atoms with Crippen molar-refractivity contribution in [2.45, 2.75) is 19.8 Å². The number of hydrogen-bond acceptors (Lipinski definition) is 4. The summed E-state index contributed by atoms with van der Waals surface area (Å²) >= 11 is 0. The smallest absolute Gasteiger partial charge is 0.335 e. The van der Waals surface area contributed by atoms with Crippen LogP contribution in [-0.2, 0) is 9.59 Å². The van der Waals surface area contributed by atoms with Crippen LogP contribution in [0.25, 0.3) is 6.08 Å². The number of rotatable bonds is 6. The lowest BCUT2D eigenvalue weighted by molar-refractivity contribution is -0.122. The molecule has 0 radical (unpaired) electrons. The summed E-state index contributed by atoms with van der Waals surface area (Å²) in [5.41, 5.74) is 0.967. The normalized spacial score (nSPS) is 15.8. The fourth-order valence-corrected chi connectivity index (χ4v) is 2.63. The van der Waals surface area contributed by atoms with Gasteiger partial charge in [-0.3, -0.25) is 14.9 Å². The summed E-state index contributed by atoms with van der Waals surface area (Å²) in [7, 11) is 0. The Balaban J connectivity index is 1.83. The number of para-hydroxylation sites is 1. The summed E-state index contributed by atoms with van der Waals surface area (Å²) in [6.45, 7) is 2.74. The highest BCUT2D eigenvalue weighted by Gasteiger charge is 2.36. The maximum atomic E-state index is 12.7. The number of carbonyl (C=O) groups excluding carboxylic acids is 3. The van der Waals surface area contributed by atoms with Gasteiger partial charge in [0.1, 0.15) is 11.3 Å². The summed E-state index contributed by atoms with van der Waals surface area (Å²) < 4.78 is 5.60. The molecule has 0 bridgehead atoms. The lowest BCUT2D eigenvalue weighted by Crippen LogP contribution is -2.54. The van der Waals surface area contributed by atoms with Crippen LogP contribution in [-0.4, -0.2) is 24.5 Å². The van der Waals surface area contributed by atoms with Crippen LogP contribution < -0.4 is 15.0 Å². The van der Waals surface area contributed by atoms with Crippen molar-refractivity contribution in [3.63, 3.8) is 0 Å². The number of unbranched alkanes of at least 4 members (excludes halogenated alkanes) is 1. The summed E-state index contributed by atoms with van der Waals surface area (Å²) in [5, 5.41) is 2.21. The van der Waals surface area contributed by atoms with E-state index < -0.39 is 17.8 Å². The van der Waals surface area contributed by atoms with Crippen LogP contribution in [0, 0.1) is 0 Å². The molecule has 138 valence electrons. The highest BCUT2D eigenvalue weighted by atomic mass is 16.5. The van der Waals surface area contributed by atoms with Crippen molar-refractivity contribution in [2.75, 3.05) is 11.5 Å². The lowest BCUT2D eigenvalue weighted by atomic mass is 10.1. The Morgan fingerprint density at radius 1 is 1.00 bits per heavy atom. The highest BCUT2D eigenvalue weighted by molar-refractivity contribution is 6.39. The third-order valence-electron chi connectivity index (χ3n) is 4.07. The number of carbonyl (C=O) groups is 3. The van der Waals surface area contributed by atoms with E-state index in [4.69, 9.17) is 4.74 Å². The molecule has 1 aliphatic heterocycles. The Morgan fingerprint density at radius 2 is 1.70 bits per heavy atom. The average molecular weight is 364 g/mol. The van der Waals surface area contributed by atoms with E-state index >= 15 is 0 Å². The first-order valence-corrected chi connectivity index (χ1v) is 8.79. The summed E-state index contributed by atoms with van der Waals surface area (Å²) in [6.07, 6.45) is 3.50. The summed E-state index contributed by atoms with van der Waals surface area (Å²) in [6, 6.07) is 14.8. The van der Waals surface area contributed by atoms with Crippen LogP contribution in [0.3, 0.4) is 0 Å². The predicted molar refractivity (Wildman–Crippen MR) is 102 cm³/mol. The van der Waals surface area contributed by atoms with Gasteiger partial charge in [-0.25, -0.2) is 9.69 Å². The van der Waals surface area contributed by atoms with Gasteiger partial charge in [-0.2, -0.15) is 0 Å². The first kappa shape index (κ1) is 18.4. The second kappa shape index (κ2) is 8.31. The molecule has 2 aromatic rings. The Hall–Kier alpha value is -3.41. The molecular weight excluding hydrogens is 344 g/mol. The van der Waals surface area contributed by atoms with Crippen molar-refractivity contribution < 1.29 is 19.1 Å². The molecule has 1 aliphatic rings. The molecule has 1 fully saturated rings. The van der Waals surface area contributed by atoms with Gasteiger partial charge in [0.15, 0.2) is 0 Å². The van der Waals surface area contributed by atoms with Crippen molar-refractivity contribution in [1.29, 1.82) is 0 Å². The largest absolute Gasteiger partial charge is 0.494 e. The van der Waals surface area contributed by atoms with Gasteiger partial charge in [-0.15, -0.1) is 0 Å². The number of imide groups is 2. The molecule has 2 aromatic carbocycles. The van der Waals surface area contributed by atoms with E-state index in [1.165, 1.54) is 6.08 Å². The van der Waals surface area contributed by atoms with Gasteiger partial charge in [0, 0.05) is 0 Å². The van der Waals surface area contributed by atoms with Crippen LogP contribution >= 0.6 is 0 Å². The lowest BCUT2D eigenvalue weighted by Gasteiger charge is -2.26. The van der Waals surface area contributed by atoms with Crippen LogP contribution in [0.5, 0.6) is 5.75 Å². The van der Waals surface area contributed by atoms with Crippen molar-refractivity contribution >= 4 is 29.6 Å². The molecule has 0 aromatic heterocycles. The van der Waals surface area contributed by atoms with Gasteiger partial charge in [-0.05, 0) is 42.3 Å². The minimum absolute atomic E-state index is 0.0990. The molecule has 0 atom stereocenters. The Labute approximate surface area is 157 Å². The third-order valence-corrected chi connectivity index (χ3v) is 4.07. The van der Waals surface area contributed by atoms with Gasteiger partial charge in [0.25, 0.3) is 11.8 Å². The van der Waals surface area contributed by atoms with Crippen LogP contribution in [0.2, 0.25) is 0 Å². The van der Waals surface area contributed by atoms with Gasteiger partial charge < -0.3 is 4.74 Å². The molecule has 0 unspecified atom stereocenters. The zero-order chi connectivity index (χ0) is 19.2. The maximum Gasteiger partial charge on any atom is 0.335 e. The number of amides is 4. The number of ether oxygens (including phenoxy) is 1. The fourth-order valence-electron chi connectivity index (χ4n) is 2.63. The van der Waals surface area contributed by atoms with Crippen molar-refractivity contribution in [2.24, 2.45) is 0 Å². The van der Waals surface area contributed by atoms with Crippen LogP contribution in [0.1, 0.15) is 25.3 Å². The van der Waals surface area contributed by atoms with E-state index in [0.717, 1.165) is 23.5 Å². The first-order valence-electron chi connectivity index (χ1n) is 8.79. The second-order valence-electron chi connectivity index (χ2n) is 6.06. The molecule has 1 N–H and O–H groups in total. The van der Waals surface area contributed by atoms with E-state index in [0.29, 0.717) is 17.9 Å². The van der Waals surface area contributed by atoms with Crippen molar-refractivity contribution in [3.8, 4) is 5.75 Å². The molecule has 0 saturated carbocycles. The zero-order valence-corrected chi connectivity index (χ0v) is 15.0. The molecule has 0 spiro atoms. The molecule has 6 nitrogen and oxygen atoms in total. The average Bonchev–Trinajstić information content (AvgIpc) is 2.67. The van der Waals surface area contributed by atoms with Crippen LogP contribution in [0.15, 0.2) is 60.2 Å². The molecule has 1 saturated heterocycles. The topological polar surface area (TPSA) is 75.7 Å². The van der Waals surface area contributed by atoms with E-state index in [9.17, 15) is 14.4 Å². The standard InChI is InChI=1S/C21H20N2O4/c1-2-3-13-27-17-11-9-15(10-12-17)14-18-19(24)22-21(26)23(20(18)25)16-7-5-4-6-8-16/h4-12,14H,2-3,13H2,1H3,(H,22,24,26)/b18-14-. The summed E-state index contributed by atoms with van der Waals surface area (Å²) in [4.78, 5) is 38.0. The number of nitrogens with zero attached hydrogens (tertiary/aromatic N) is 1. The molecule has 3 rings (SSSR count). The van der Waals surface area contributed by atoms with Gasteiger partial charge in [0.2, 0.25) is 0 Å². The van der Waals surface area contributed by atoms with Crippen molar-refractivity contribution in [3.05, 3.63) is 65.7 Å². The molecule has 0 aliphatic carbocycles. The number of urea groups is 1. The quantitative estimate of drug-likeness (QED) is 0.483. The predicted octanol–water partition coefficient (Wildman–Crippen LogP) is 3.53. The van der Waals surface area contributed by atoms with Gasteiger partial charge in [0.05, 0.1) is 12.3 Å². The Kier molecular flexibility index (Phi) is 5.66. The van der Waals surface area contributed by atoms with E-state index in [1.54, 1.807) is 54.6 Å². The molecular formula is C21H20N2O4. The van der Waals surface area contributed by atoms with Crippen LogP contribution in [0.4, 0.5) is 10.5 Å². The Bertz CT molecular complexity index is 873. The van der Waals surface area contributed by atoms with E-state index in [1.807, 2.05) is 0 Å². The minimum atomic E-state index is -0.756. The molecule has 1 heterocycles. The minimum Gasteiger partial charge on any atom is -0.494 e. The monoisotopic (exact) mass is 364 g/mol. The Morgan fingerprint density at radius 3 is 2.37 bits per heavy atom. The first-order chi connectivity index (χ1) is 13.1. The third kappa shape index (κ3) is 4.23. The van der Waals surface area contributed by atoms with E-state index in [-0.39, 0.29) is 5.57 Å². The number of hydrogen-bond donors (Lipinski definition) is 1. The van der Waals surface area contributed by atoms with Gasteiger partial charge >= 0.3 is 6.03 Å².